The molecule has 0 fully saturated rings. The van der Waals surface area contributed by atoms with E-state index in [2.05, 4.69) is 11.1 Å². The fraction of sp³-hybridized carbons (Fsp3) is 1.00. The minimum Gasteiger partial charge on any atom is -0.379 e. The second kappa shape index (κ2) is 7.20. The summed E-state index contributed by atoms with van der Waals surface area (Å²) in [5.74, 6) is 0. The molecule has 0 heterocycles. The quantitative estimate of drug-likeness (QED) is 0.464. The van der Waals surface area contributed by atoms with Gasteiger partial charge in [0.15, 0.2) is 0 Å². The van der Waals surface area contributed by atoms with E-state index < -0.39 is 10.1 Å². The summed E-state index contributed by atoms with van der Waals surface area (Å²) in [5.41, 5.74) is 0. The van der Waals surface area contributed by atoms with Gasteiger partial charge in [-0.05, 0) is 26.2 Å². The monoisotopic (exact) mass is 224 g/mol. The molecule has 0 saturated heterocycles. The smallest absolute Gasteiger partial charge is 0.264 e. The van der Waals surface area contributed by atoms with E-state index in [1.165, 1.54) is 0 Å². The molecule has 14 heavy (non-hydrogen) atoms. The Balaban J connectivity index is 3.23. The van der Waals surface area contributed by atoms with Crippen LogP contribution in [-0.2, 0) is 19.0 Å². The second-order valence-electron chi connectivity index (χ2n) is 3.32. The molecule has 1 unspecified atom stereocenters. The number of ether oxygens (including phenoxy) is 1. The largest absolute Gasteiger partial charge is 0.379 e. The standard InChI is InChI=1S/C9H20O4S/c1-4-9(2)12-7-5-6-8-13-14(3,10)11/h9H,4-8H2,1-3H3. The lowest BCUT2D eigenvalue weighted by atomic mass is 10.3. The molecule has 0 aliphatic rings. The maximum absolute atomic E-state index is 10.6. The van der Waals surface area contributed by atoms with Gasteiger partial charge in [0.05, 0.1) is 19.0 Å². The van der Waals surface area contributed by atoms with Crippen LogP contribution in [0, 0.1) is 0 Å². The molecule has 0 bridgehead atoms. The Bertz CT molecular complexity index is 223. The Morgan fingerprint density at radius 2 is 1.79 bits per heavy atom. The van der Waals surface area contributed by atoms with Crippen LogP contribution >= 0.6 is 0 Å². The normalized spacial score (nSPS) is 14.2. The van der Waals surface area contributed by atoms with Gasteiger partial charge in [0.25, 0.3) is 10.1 Å². The molecule has 0 aromatic carbocycles. The van der Waals surface area contributed by atoms with Crippen LogP contribution in [0.5, 0.6) is 0 Å². The van der Waals surface area contributed by atoms with Crippen LogP contribution in [0.25, 0.3) is 0 Å². The molecule has 86 valence electrons. The van der Waals surface area contributed by atoms with Crippen molar-refractivity contribution in [3.63, 3.8) is 0 Å². The summed E-state index contributed by atoms with van der Waals surface area (Å²) < 4.78 is 31.1. The first-order valence-electron chi connectivity index (χ1n) is 4.91. The second-order valence-corrected chi connectivity index (χ2v) is 4.97. The van der Waals surface area contributed by atoms with E-state index >= 15 is 0 Å². The minimum absolute atomic E-state index is 0.253. The Morgan fingerprint density at radius 3 is 2.29 bits per heavy atom. The van der Waals surface area contributed by atoms with Crippen LogP contribution in [0.2, 0.25) is 0 Å². The van der Waals surface area contributed by atoms with E-state index in [0.717, 1.165) is 19.1 Å². The highest BCUT2D eigenvalue weighted by molar-refractivity contribution is 7.85. The molecule has 0 amide bonds. The summed E-state index contributed by atoms with van der Waals surface area (Å²) in [5, 5.41) is 0. The lowest BCUT2D eigenvalue weighted by Crippen LogP contribution is -2.09. The Kier molecular flexibility index (Phi) is 7.13. The van der Waals surface area contributed by atoms with Gasteiger partial charge in [0.1, 0.15) is 0 Å². The molecule has 0 aliphatic heterocycles. The highest BCUT2D eigenvalue weighted by Crippen LogP contribution is 1.99. The van der Waals surface area contributed by atoms with Gasteiger partial charge in [-0.2, -0.15) is 8.42 Å². The van der Waals surface area contributed by atoms with E-state index in [0.29, 0.717) is 13.0 Å². The Morgan fingerprint density at radius 1 is 1.21 bits per heavy atom. The van der Waals surface area contributed by atoms with E-state index in [1.807, 2.05) is 6.92 Å². The van der Waals surface area contributed by atoms with Crippen LogP contribution in [-0.4, -0.2) is 34.0 Å². The Hall–Kier alpha value is -0.130. The fourth-order valence-corrected chi connectivity index (χ4v) is 1.24. The van der Waals surface area contributed by atoms with Crippen molar-refractivity contribution >= 4 is 10.1 Å². The first-order valence-corrected chi connectivity index (χ1v) is 6.73. The van der Waals surface area contributed by atoms with Gasteiger partial charge < -0.3 is 4.74 Å². The molecule has 0 radical (unpaired) electrons. The summed E-state index contributed by atoms with van der Waals surface area (Å²) in [6.45, 7) is 5.01. The van der Waals surface area contributed by atoms with Gasteiger partial charge in [0.2, 0.25) is 0 Å². The Labute approximate surface area is 86.7 Å². The average Bonchev–Trinajstić information content (AvgIpc) is 2.08. The van der Waals surface area contributed by atoms with Crippen LogP contribution in [0.3, 0.4) is 0 Å². The van der Waals surface area contributed by atoms with Gasteiger partial charge in [-0.1, -0.05) is 6.92 Å². The third-order valence-electron chi connectivity index (χ3n) is 1.81. The molecule has 0 saturated carbocycles. The summed E-state index contributed by atoms with van der Waals surface area (Å²) >= 11 is 0. The van der Waals surface area contributed by atoms with Gasteiger partial charge in [-0.3, -0.25) is 4.18 Å². The van der Waals surface area contributed by atoms with Crippen molar-refractivity contribution in [2.24, 2.45) is 0 Å². The predicted molar refractivity (Wildman–Crippen MR) is 55.7 cm³/mol. The molecule has 0 aromatic heterocycles. The molecular formula is C9H20O4S. The molecule has 0 N–H and O–H groups in total. The molecule has 4 nitrogen and oxygen atoms in total. The third kappa shape index (κ3) is 9.95. The van der Waals surface area contributed by atoms with E-state index in [-0.39, 0.29) is 12.7 Å². The zero-order valence-electron chi connectivity index (χ0n) is 9.15. The van der Waals surface area contributed by atoms with Crippen molar-refractivity contribution < 1.29 is 17.3 Å². The van der Waals surface area contributed by atoms with E-state index in [9.17, 15) is 8.42 Å². The lowest BCUT2D eigenvalue weighted by molar-refractivity contribution is 0.0593. The SMILES string of the molecule is CCC(C)OCCCCOS(C)(=O)=O. The average molecular weight is 224 g/mol. The molecule has 0 spiro atoms. The topological polar surface area (TPSA) is 52.6 Å². The number of hydrogen-bond donors (Lipinski definition) is 0. The third-order valence-corrected chi connectivity index (χ3v) is 2.41. The molecule has 5 heteroatoms. The maximum Gasteiger partial charge on any atom is 0.264 e. The first-order chi connectivity index (χ1) is 6.45. The van der Waals surface area contributed by atoms with Crippen molar-refractivity contribution in [2.45, 2.75) is 39.2 Å². The van der Waals surface area contributed by atoms with Gasteiger partial charge in [-0.15, -0.1) is 0 Å². The van der Waals surface area contributed by atoms with Crippen molar-refractivity contribution in [3.05, 3.63) is 0 Å². The zero-order chi connectivity index (χ0) is 11.0. The zero-order valence-corrected chi connectivity index (χ0v) is 9.97. The maximum atomic E-state index is 10.6. The summed E-state index contributed by atoms with van der Waals surface area (Å²) in [6.07, 6.45) is 3.89. The predicted octanol–water partition coefficient (Wildman–Crippen LogP) is 1.56. The molecule has 1 atom stereocenters. The molecule has 0 aliphatic carbocycles. The fourth-order valence-electron chi connectivity index (χ4n) is 0.817. The number of hydrogen-bond acceptors (Lipinski definition) is 4. The highest BCUT2D eigenvalue weighted by Gasteiger charge is 2.01. The van der Waals surface area contributed by atoms with Crippen LogP contribution in [0.4, 0.5) is 0 Å². The minimum atomic E-state index is -3.27. The van der Waals surface area contributed by atoms with E-state index in [4.69, 9.17) is 4.74 Å². The van der Waals surface area contributed by atoms with Crippen molar-refractivity contribution in [3.8, 4) is 0 Å². The van der Waals surface area contributed by atoms with Crippen molar-refractivity contribution in [2.75, 3.05) is 19.5 Å². The van der Waals surface area contributed by atoms with Crippen molar-refractivity contribution in [1.82, 2.24) is 0 Å². The van der Waals surface area contributed by atoms with Crippen LogP contribution in [0.15, 0.2) is 0 Å². The highest BCUT2D eigenvalue weighted by atomic mass is 32.2. The molecule has 0 aromatic rings. The number of rotatable bonds is 8. The van der Waals surface area contributed by atoms with Crippen LogP contribution < -0.4 is 0 Å². The van der Waals surface area contributed by atoms with Crippen LogP contribution in [0.1, 0.15) is 33.1 Å². The van der Waals surface area contributed by atoms with Crippen molar-refractivity contribution in [1.29, 1.82) is 0 Å². The van der Waals surface area contributed by atoms with E-state index in [1.54, 1.807) is 0 Å². The van der Waals surface area contributed by atoms with Gasteiger partial charge >= 0.3 is 0 Å². The summed E-state index contributed by atoms with van der Waals surface area (Å²) in [4.78, 5) is 0. The first kappa shape index (κ1) is 13.9. The summed E-state index contributed by atoms with van der Waals surface area (Å²) in [6, 6.07) is 0. The molecule has 0 rings (SSSR count). The lowest BCUT2D eigenvalue weighted by Gasteiger charge is -2.09. The number of unbranched alkanes of at least 4 members (excludes halogenated alkanes) is 1. The van der Waals surface area contributed by atoms with Gasteiger partial charge in [-0.25, -0.2) is 0 Å². The molecular weight excluding hydrogens is 204 g/mol. The van der Waals surface area contributed by atoms with Gasteiger partial charge in [0, 0.05) is 6.61 Å². The summed E-state index contributed by atoms with van der Waals surface area (Å²) in [7, 11) is -3.27.